The van der Waals surface area contributed by atoms with Crippen molar-refractivity contribution in [2.24, 2.45) is 0 Å². The number of ether oxygens (including phenoxy) is 2. The molecular formula is C14H14F2N4O3S. The maximum Gasteiger partial charge on any atom is 0.271 e. The Bertz CT molecular complexity index is 722. The third-order valence-corrected chi connectivity index (χ3v) is 3.80. The molecule has 1 N–H and O–H groups in total. The summed E-state index contributed by atoms with van der Waals surface area (Å²) in [4.78, 5) is 13.8. The van der Waals surface area contributed by atoms with Crippen LogP contribution in [0, 0.1) is 11.6 Å². The van der Waals surface area contributed by atoms with Crippen LogP contribution in [-0.2, 0) is 9.53 Å². The fraction of sp³-hybridized carbons (Fsp3) is 0.357. The van der Waals surface area contributed by atoms with E-state index in [0.717, 1.165) is 23.9 Å². The summed E-state index contributed by atoms with van der Waals surface area (Å²) < 4.78 is 45.2. The number of hydrogen-bond acceptors (Lipinski definition) is 7. The lowest BCUT2D eigenvalue weighted by Gasteiger charge is -2.26. The number of anilines is 2. The molecule has 2 aromatic rings. The summed E-state index contributed by atoms with van der Waals surface area (Å²) in [6.45, 7) is 2.13. The van der Waals surface area contributed by atoms with Crippen molar-refractivity contribution < 1.29 is 23.0 Å². The highest BCUT2D eigenvalue weighted by Gasteiger charge is 2.20. The molecule has 0 bridgehead atoms. The molecule has 0 radical (unpaired) electrons. The summed E-state index contributed by atoms with van der Waals surface area (Å²) in [5.41, 5.74) is -0.116. The molecule has 1 fully saturated rings. The van der Waals surface area contributed by atoms with Crippen molar-refractivity contribution in [3.8, 4) is 5.88 Å². The topological polar surface area (TPSA) is 76.6 Å². The molecule has 1 aromatic carbocycles. The number of rotatable bonds is 5. The third-order valence-electron chi connectivity index (χ3n) is 3.30. The summed E-state index contributed by atoms with van der Waals surface area (Å²) in [6.07, 6.45) is 0. The van der Waals surface area contributed by atoms with Crippen molar-refractivity contribution >= 4 is 29.1 Å². The first-order chi connectivity index (χ1) is 11.6. The molecule has 3 rings (SSSR count). The van der Waals surface area contributed by atoms with Gasteiger partial charge >= 0.3 is 0 Å². The predicted octanol–water partition coefficient (Wildman–Crippen LogP) is 1.67. The molecule has 1 aromatic heterocycles. The average molecular weight is 356 g/mol. The van der Waals surface area contributed by atoms with E-state index in [0.29, 0.717) is 38.2 Å². The van der Waals surface area contributed by atoms with Crippen LogP contribution in [0.4, 0.5) is 20.3 Å². The fourth-order valence-electron chi connectivity index (χ4n) is 2.15. The van der Waals surface area contributed by atoms with Gasteiger partial charge in [-0.1, -0.05) is 0 Å². The van der Waals surface area contributed by atoms with Crippen molar-refractivity contribution in [2.45, 2.75) is 0 Å². The molecule has 2 heterocycles. The number of amides is 1. The van der Waals surface area contributed by atoms with Gasteiger partial charge in [0, 0.05) is 19.2 Å². The van der Waals surface area contributed by atoms with E-state index in [9.17, 15) is 13.6 Å². The highest BCUT2D eigenvalue weighted by molar-refractivity contribution is 6.99. The Morgan fingerprint density at radius 1 is 1.33 bits per heavy atom. The van der Waals surface area contributed by atoms with Gasteiger partial charge in [0.05, 0.1) is 30.6 Å². The average Bonchev–Trinajstić information content (AvgIpc) is 3.05. The highest BCUT2D eigenvalue weighted by Crippen LogP contribution is 2.26. The minimum atomic E-state index is -0.854. The van der Waals surface area contributed by atoms with Crippen LogP contribution in [0.25, 0.3) is 0 Å². The van der Waals surface area contributed by atoms with Crippen molar-refractivity contribution in [3.05, 3.63) is 29.8 Å². The Hall–Kier alpha value is -2.33. The number of benzene rings is 1. The van der Waals surface area contributed by atoms with E-state index in [2.05, 4.69) is 14.1 Å². The van der Waals surface area contributed by atoms with Crippen LogP contribution in [0.5, 0.6) is 5.88 Å². The minimum absolute atomic E-state index is 0.116. The summed E-state index contributed by atoms with van der Waals surface area (Å²) in [5.74, 6) is -1.35. The lowest BCUT2D eigenvalue weighted by Crippen LogP contribution is -2.36. The van der Waals surface area contributed by atoms with E-state index < -0.39 is 17.5 Å². The standard InChI is InChI=1S/C14H14F2N4O3S/c15-9-1-2-11(10(16)7-9)17-12(21)8-23-14-13(18-24-19-14)20-3-5-22-6-4-20/h1-2,7H,3-6,8H2,(H,17,21). The van der Waals surface area contributed by atoms with Crippen LogP contribution in [0.2, 0.25) is 0 Å². The summed E-state index contributed by atoms with van der Waals surface area (Å²) >= 11 is 0.979. The Morgan fingerprint density at radius 3 is 2.88 bits per heavy atom. The molecule has 0 unspecified atom stereocenters. The number of carbonyl (C=O) groups excluding carboxylic acids is 1. The maximum absolute atomic E-state index is 13.5. The van der Waals surface area contributed by atoms with Crippen LogP contribution in [0.3, 0.4) is 0 Å². The van der Waals surface area contributed by atoms with E-state index in [1.54, 1.807) is 0 Å². The van der Waals surface area contributed by atoms with Crippen LogP contribution in [0.1, 0.15) is 0 Å². The van der Waals surface area contributed by atoms with Gasteiger partial charge in [0.25, 0.3) is 11.8 Å². The summed E-state index contributed by atoms with van der Waals surface area (Å²) in [6, 6.07) is 2.89. The van der Waals surface area contributed by atoms with Gasteiger partial charge in [0.1, 0.15) is 11.6 Å². The van der Waals surface area contributed by atoms with Gasteiger partial charge in [-0.15, -0.1) is 4.37 Å². The molecular weight excluding hydrogens is 342 g/mol. The number of nitrogens with zero attached hydrogens (tertiary/aromatic N) is 3. The Kier molecular flexibility index (Phi) is 5.16. The zero-order valence-electron chi connectivity index (χ0n) is 12.5. The Labute approximate surface area is 140 Å². The molecule has 7 nitrogen and oxygen atoms in total. The third kappa shape index (κ3) is 3.95. The van der Waals surface area contributed by atoms with Crippen molar-refractivity contribution in [1.82, 2.24) is 8.75 Å². The molecule has 24 heavy (non-hydrogen) atoms. The fourth-order valence-corrected chi connectivity index (χ4v) is 2.67. The van der Waals surface area contributed by atoms with Crippen LogP contribution in [0.15, 0.2) is 18.2 Å². The number of hydrogen-bond donors (Lipinski definition) is 1. The first kappa shape index (κ1) is 16.5. The SMILES string of the molecule is O=C(COc1nsnc1N1CCOCC1)Nc1ccc(F)cc1F. The number of carbonyl (C=O) groups is 1. The van der Waals surface area contributed by atoms with E-state index >= 15 is 0 Å². The lowest BCUT2D eigenvalue weighted by atomic mass is 10.3. The molecule has 1 aliphatic heterocycles. The van der Waals surface area contributed by atoms with Crippen LogP contribution < -0.4 is 15.0 Å². The van der Waals surface area contributed by atoms with E-state index in [4.69, 9.17) is 9.47 Å². The normalized spacial score (nSPS) is 14.5. The van der Waals surface area contributed by atoms with Crippen molar-refractivity contribution in [1.29, 1.82) is 0 Å². The minimum Gasteiger partial charge on any atom is -0.464 e. The van der Waals surface area contributed by atoms with Crippen LogP contribution >= 0.6 is 11.7 Å². The van der Waals surface area contributed by atoms with Gasteiger partial charge in [0.2, 0.25) is 5.82 Å². The maximum atomic E-state index is 13.5. The number of nitrogens with one attached hydrogen (secondary N) is 1. The molecule has 0 aliphatic carbocycles. The number of aromatic nitrogens is 2. The van der Waals surface area contributed by atoms with Crippen molar-refractivity contribution in [2.75, 3.05) is 43.1 Å². The molecule has 1 saturated heterocycles. The van der Waals surface area contributed by atoms with Gasteiger partial charge in [-0.05, 0) is 12.1 Å². The second kappa shape index (κ2) is 7.49. The first-order valence-electron chi connectivity index (χ1n) is 7.16. The van der Waals surface area contributed by atoms with E-state index in [-0.39, 0.29) is 18.2 Å². The first-order valence-corrected chi connectivity index (χ1v) is 7.89. The van der Waals surface area contributed by atoms with Gasteiger partial charge in [0.15, 0.2) is 6.61 Å². The highest BCUT2D eigenvalue weighted by atomic mass is 32.1. The zero-order valence-corrected chi connectivity index (χ0v) is 13.3. The zero-order chi connectivity index (χ0) is 16.9. The lowest BCUT2D eigenvalue weighted by molar-refractivity contribution is -0.118. The van der Waals surface area contributed by atoms with Crippen LogP contribution in [-0.4, -0.2) is 47.6 Å². The Morgan fingerprint density at radius 2 is 2.12 bits per heavy atom. The molecule has 0 spiro atoms. The Balaban J connectivity index is 1.57. The number of halogens is 2. The predicted molar refractivity (Wildman–Crippen MR) is 83.4 cm³/mol. The monoisotopic (exact) mass is 356 g/mol. The second-order valence-electron chi connectivity index (χ2n) is 4.95. The molecule has 0 atom stereocenters. The van der Waals surface area contributed by atoms with Crippen molar-refractivity contribution in [3.63, 3.8) is 0 Å². The van der Waals surface area contributed by atoms with Gasteiger partial charge < -0.3 is 19.7 Å². The van der Waals surface area contributed by atoms with Gasteiger partial charge in [-0.3, -0.25) is 4.79 Å². The quantitative estimate of drug-likeness (QED) is 0.878. The molecule has 10 heteroatoms. The van der Waals surface area contributed by atoms with E-state index in [1.807, 2.05) is 4.90 Å². The van der Waals surface area contributed by atoms with E-state index in [1.165, 1.54) is 0 Å². The summed E-state index contributed by atoms with van der Waals surface area (Å²) in [5, 5.41) is 2.31. The smallest absolute Gasteiger partial charge is 0.271 e. The van der Waals surface area contributed by atoms with Gasteiger partial charge in [-0.2, -0.15) is 4.37 Å². The largest absolute Gasteiger partial charge is 0.464 e. The molecule has 1 amide bonds. The number of morpholine rings is 1. The van der Waals surface area contributed by atoms with Gasteiger partial charge in [-0.25, -0.2) is 8.78 Å². The second-order valence-corrected chi connectivity index (χ2v) is 5.48. The molecule has 0 saturated carbocycles. The summed E-state index contributed by atoms with van der Waals surface area (Å²) in [7, 11) is 0. The molecule has 1 aliphatic rings. The molecule has 128 valence electrons.